The first-order valence-corrected chi connectivity index (χ1v) is 14.7. The minimum absolute atomic E-state index is 0.0915. The van der Waals surface area contributed by atoms with E-state index in [0.29, 0.717) is 5.75 Å². The summed E-state index contributed by atoms with van der Waals surface area (Å²) in [5.74, 6) is -0.0578. The highest BCUT2D eigenvalue weighted by Crippen LogP contribution is 2.33. The van der Waals surface area contributed by atoms with E-state index in [1.165, 1.54) is 25.2 Å². The van der Waals surface area contributed by atoms with E-state index in [1.54, 1.807) is 19.1 Å². The molecule has 11 heteroatoms. The summed E-state index contributed by atoms with van der Waals surface area (Å²) in [6.07, 6.45) is 4.98. The van der Waals surface area contributed by atoms with Gasteiger partial charge in [-0.25, -0.2) is 8.42 Å². The molecule has 37 heavy (non-hydrogen) atoms. The number of hydrogen-bond donors (Lipinski definition) is 1. The Morgan fingerprint density at radius 3 is 2.41 bits per heavy atom. The predicted molar refractivity (Wildman–Crippen MR) is 146 cm³/mol. The van der Waals surface area contributed by atoms with E-state index in [-0.39, 0.29) is 29.9 Å². The van der Waals surface area contributed by atoms with Gasteiger partial charge in [0.15, 0.2) is 0 Å². The Bertz CT molecular complexity index is 1220. The monoisotopic (exact) mass is 595 g/mol. The molecule has 2 aromatic carbocycles. The lowest BCUT2D eigenvalue weighted by Gasteiger charge is -2.32. The fourth-order valence-corrected chi connectivity index (χ4v) is 5.69. The van der Waals surface area contributed by atoms with Crippen molar-refractivity contribution in [1.82, 2.24) is 10.2 Å². The summed E-state index contributed by atoms with van der Waals surface area (Å²) in [4.78, 5) is 28.3. The first kappa shape index (κ1) is 28.8. The molecule has 3 rings (SSSR count). The van der Waals surface area contributed by atoms with Gasteiger partial charge in [-0.05, 0) is 49.6 Å². The number of anilines is 1. The lowest BCUT2D eigenvalue weighted by Crippen LogP contribution is -2.52. The van der Waals surface area contributed by atoms with Crippen LogP contribution in [0.2, 0.25) is 0 Å². The first-order valence-electron chi connectivity index (χ1n) is 12.1. The number of nitrogens with one attached hydrogen (secondary N) is 1. The average Bonchev–Trinajstić information content (AvgIpc) is 3.37. The van der Waals surface area contributed by atoms with Gasteiger partial charge in [-0.3, -0.25) is 13.9 Å². The quantitative estimate of drug-likeness (QED) is 0.424. The van der Waals surface area contributed by atoms with E-state index < -0.39 is 28.5 Å². The second-order valence-electron chi connectivity index (χ2n) is 9.12. The van der Waals surface area contributed by atoms with Crippen molar-refractivity contribution in [3.8, 4) is 11.5 Å². The van der Waals surface area contributed by atoms with E-state index >= 15 is 0 Å². The summed E-state index contributed by atoms with van der Waals surface area (Å²) in [6, 6.07) is 11.4. The van der Waals surface area contributed by atoms with Crippen LogP contribution in [0.3, 0.4) is 0 Å². The highest BCUT2D eigenvalue weighted by atomic mass is 79.9. The van der Waals surface area contributed by atoms with Crippen molar-refractivity contribution in [2.75, 3.05) is 31.3 Å². The van der Waals surface area contributed by atoms with Crippen molar-refractivity contribution in [2.45, 2.75) is 51.2 Å². The van der Waals surface area contributed by atoms with Crippen LogP contribution in [0.4, 0.5) is 5.69 Å². The number of methoxy groups -OCH3 is 2. The number of benzene rings is 2. The van der Waals surface area contributed by atoms with Gasteiger partial charge in [-0.2, -0.15) is 0 Å². The summed E-state index contributed by atoms with van der Waals surface area (Å²) < 4.78 is 38.1. The lowest BCUT2D eigenvalue weighted by molar-refractivity contribution is -0.139. The second kappa shape index (κ2) is 12.6. The van der Waals surface area contributed by atoms with Gasteiger partial charge >= 0.3 is 0 Å². The van der Waals surface area contributed by atoms with E-state index in [9.17, 15) is 18.0 Å². The zero-order valence-electron chi connectivity index (χ0n) is 21.6. The number of halogens is 1. The van der Waals surface area contributed by atoms with Crippen LogP contribution < -0.4 is 19.1 Å². The SMILES string of the molecule is COc1ccc(N(CC(=O)N(Cc2cccc(Br)c2)[C@H](C)C(=O)NC2CCCC2)S(C)(=O)=O)c(OC)c1. The van der Waals surface area contributed by atoms with Gasteiger partial charge < -0.3 is 19.7 Å². The maximum atomic E-state index is 13.7. The van der Waals surface area contributed by atoms with Crippen LogP contribution in [0.1, 0.15) is 38.2 Å². The molecule has 0 aliphatic heterocycles. The van der Waals surface area contributed by atoms with E-state index in [1.807, 2.05) is 24.3 Å². The van der Waals surface area contributed by atoms with Crippen LogP contribution in [0, 0.1) is 0 Å². The van der Waals surface area contributed by atoms with E-state index in [0.717, 1.165) is 46.3 Å². The van der Waals surface area contributed by atoms with Crippen molar-refractivity contribution < 1.29 is 27.5 Å². The van der Waals surface area contributed by atoms with Gasteiger partial charge in [-0.15, -0.1) is 0 Å². The molecule has 1 atom stereocenters. The third-order valence-corrected chi connectivity index (χ3v) is 8.07. The number of carbonyl (C=O) groups excluding carboxylic acids is 2. The normalized spacial score (nSPS) is 14.6. The number of rotatable bonds is 11. The maximum Gasteiger partial charge on any atom is 0.244 e. The predicted octanol–water partition coefficient (Wildman–Crippen LogP) is 3.71. The number of ether oxygens (including phenoxy) is 2. The Balaban J connectivity index is 1.93. The van der Waals surface area contributed by atoms with Gasteiger partial charge in [-0.1, -0.05) is 40.9 Å². The molecule has 0 heterocycles. The highest BCUT2D eigenvalue weighted by molar-refractivity contribution is 9.10. The number of hydrogen-bond acceptors (Lipinski definition) is 6. The highest BCUT2D eigenvalue weighted by Gasteiger charge is 2.32. The van der Waals surface area contributed by atoms with Crippen LogP contribution in [-0.2, 0) is 26.2 Å². The molecule has 1 aliphatic carbocycles. The molecule has 0 radical (unpaired) electrons. The number of nitrogens with zero attached hydrogens (tertiary/aromatic N) is 2. The zero-order valence-corrected chi connectivity index (χ0v) is 24.0. The Morgan fingerprint density at radius 2 is 1.81 bits per heavy atom. The van der Waals surface area contributed by atoms with E-state index in [2.05, 4.69) is 21.2 Å². The number of amides is 2. The molecule has 0 spiro atoms. The van der Waals surface area contributed by atoms with Crippen molar-refractivity contribution in [2.24, 2.45) is 0 Å². The molecule has 1 saturated carbocycles. The third-order valence-electron chi connectivity index (χ3n) is 6.45. The van der Waals surface area contributed by atoms with Gasteiger partial charge in [0, 0.05) is 23.1 Å². The molecular formula is C26H34BrN3O6S. The standard InChI is InChI=1S/C26H34BrN3O6S/c1-18(26(32)28-21-10-5-6-11-21)29(16-19-8-7-9-20(27)14-19)25(31)17-30(37(4,33)34)23-13-12-22(35-2)15-24(23)36-3/h7-9,12-15,18,21H,5-6,10-11,16-17H2,1-4H3,(H,28,32)/t18-/m1/s1. The Morgan fingerprint density at radius 1 is 1.11 bits per heavy atom. The summed E-state index contributed by atoms with van der Waals surface area (Å²) in [5, 5.41) is 3.05. The third kappa shape index (κ3) is 7.61. The van der Waals surface area contributed by atoms with Crippen molar-refractivity contribution in [3.05, 3.63) is 52.5 Å². The van der Waals surface area contributed by atoms with Crippen molar-refractivity contribution in [1.29, 1.82) is 0 Å². The molecule has 0 unspecified atom stereocenters. The van der Waals surface area contributed by atoms with Gasteiger partial charge in [0.25, 0.3) is 0 Å². The molecule has 2 amide bonds. The molecule has 1 N–H and O–H groups in total. The first-order chi connectivity index (χ1) is 17.5. The summed E-state index contributed by atoms with van der Waals surface area (Å²) in [5.41, 5.74) is 1.00. The fraction of sp³-hybridized carbons (Fsp3) is 0.462. The Labute approximate surface area is 227 Å². The number of sulfonamides is 1. The molecule has 1 fully saturated rings. The largest absolute Gasteiger partial charge is 0.497 e. The number of carbonyl (C=O) groups is 2. The lowest BCUT2D eigenvalue weighted by atomic mass is 10.1. The fourth-order valence-electron chi connectivity index (χ4n) is 4.39. The summed E-state index contributed by atoms with van der Waals surface area (Å²) >= 11 is 3.44. The van der Waals surface area contributed by atoms with Crippen molar-refractivity contribution >= 4 is 43.5 Å². The molecular weight excluding hydrogens is 562 g/mol. The van der Waals surface area contributed by atoms with Crippen LogP contribution in [0.5, 0.6) is 11.5 Å². The molecule has 0 saturated heterocycles. The maximum absolute atomic E-state index is 13.7. The van der Waals surface area contributed by atoms with Gasteiger partial charge in [0.2, 0.25) is 21.8 Å². The molecule has 202 valence electrons. The zero-order chi connectivity index (χ0) is 27.2. The molecule has 0 aromatic heterocycles. The Kier molecular flexibility index (Phi) is 9.83. The Hall–Kier alpha value is -2.79. The summed E-state index contributed by atoms with van der Waals surface area (Å²) in [6.45, 7) is 1.30. The van der Waals surface area contributed by atoms with Crippen LogP contribution in [0.25, 0.3) is 0 Å². The average molecular weight is 597 g/mol. The molecule has 9 nitrogen and oxygen atoms in total. The minimum Gasteiger partial charge on any atom is -0.497 e. The van der Waals surface area contributed by atoms with E-state index in [4.69, 9.17) is 9.47 Å². The van der Waals surface area contributed by atoms with Crippen LogP contribution >= 0.6 is 15.9 Å². The second-order valence-corrected chi connectivity index (χ2v) is 11.9. The van der Waals surface area contributed by atoms with Gasteiger partial charge in [0.1, 0.15) is 24.1 Å². The van der Waals surface area contributed by atoms with Gasteiger partial charge in [0.05, 0.1) is 26.2 Å². The van der Waals surface area contributed by atoms with Crippen LogP contribution in [0.15, 0.2) is 46.9 Å². The molecule has 0 bridgehead atoms. The van der Waals surface area contributed by atoms with Crippen LogP contribution in [-0.4, -0.2) is 64.2 Å². The summed E-state index contributed by atoms with van der Waals surface area (Å²) in [7, 11) is -0.983. The smallest absolute Gasteiger partial charge is 0.244 e. The molecule has 2 aromatic rings. The minimum atomic E-state index is -3.89. The van der Waals surface area contributed by atoms with Crippen molar-refractivity contribution in [3.63, 3.8) is 0 Å². The molecule has 1 aliphatic rings. The topological polar surface area (TPSA) is 105 Å².